The summed E-state index contributed by atoms with van der Waals surface area (Å²) in [6.07, 6.45) is -8.04. The van der Waals surface area contributed by atoms with Gasteiger partial charge < -0.3 is 147 Å². The fourth-order valence-electron chi connectivity index (χ4n) is 16.7. The number of carbonyl (C=O) groups excluding carboxylic acids is 8. The Hall–Kier alpha value is -3.72. The maximum Gasteiger partial charge on any atom is 0.472 e. The number of ketones is 5. The van der Waals surface area contributed by atoms with Gasteiger partial charge in [-0.3, -0.25) is 56.5 Å². The van der Waals surface area contributed by atoms with Gasteiger partial charge in [0.1, 0.15) is 102 Å². The maximum absolute atomic E-state index is 14.6. The zero-order valence-electron chi connectivity index (χ0n) is 80.3. The van der Waals surface area contributed by atoms with Crippen LogP contribution in [0.4, 0.5) is 0 Å². The highest BCUT2D eigenvalue weighted by molar-refractivity contribution is 7.58. The summed E-state index contributed by atoms with van der Waals surface area (Å²) in [5, 5.41) is 96.8. The van der Waals surface area contributed by atoms with Crippen molar-refractivity contribution in [3.8, 4) is 0 Å². The molecule has 790 valence electrons. The fourth-order valence-corrected chi connectivity index (χ4v) is 19.1. The number of methoxy groups -OCH3 is 1. The number of phosphoric acid groups is 2. The van der Waals surface area contributed by atoms with E-state index in [2.05, 4.69) is 16.9 Å². The minimum Gasteiger partial charge on any atom is -0.394 e. The molecule has 0 saturated carbocycles. The molecule has 0 aromatic heterocycles. The third kappa shape index (κ3) is 43.7. The number of nitrogens with one attached hydrogen (secondary N) is 2. The lowest BCUT2D eigenvalue weighted by atomic mass is 9.85. The van der Waals surface area contributed by atoms with Crippen LogP contribution in [0.25, 0.3) is 0 Å². The number of hydrogen-bond acceptors (Lipinski definition) is 39. The molecule has 0 spiro atoms. The molecule has 3 amide bonds. The van der Waals surface area contributed by atoms with Crippen LogP contribution in [0.1, 0.15) is 221 Å². The Labute approximate surface area is 797 Å². The first-order valence-electron chi connectivity index (χ1n) is 48.0. The fraction of sp³-hybridized carbons (Fsp3) is 0.899. The molecule has 44 nitrogen and oxygen atoms in total. The van der Waals surface area contributed by atoms with Crippen LogP contribution in [-0.4, -0.2) is 386 Å². The number of Topliss-reactive ketones (excluding diaryl/α,β-unsaturated/α-hetero) is 5. The Morgan fingerprint density at radius 2 is 0.860 bits per heavy atom. The number of β-amino-alcohol motifs (C(OH)–C–C–N with tert-alkyl or cyclic N) is 1. The highest BCUT2D eigenvalue weighted by Gasteiger charge is 2.51. The molecule has 6 aliphatic rings. The van der Waals surface area contributed by atoms with Crippen molar-refractivity contribution in [2.45, 2.75) is 349 Å². The molecule has 6 heterocycles. The van der Waals surface area contributed by atoms with E-state index in [0.717, 1.165) is 4.90 Å². The van der Waals surface area contributed by atoms with E-state index in [4.69, 9.17) is 88.7 Å². The molecule has 6 fully saturated rings. The van der Waals surface area contributed by atoms with E-state index in [-0.39, 0.29) is 177 Å². The SMILES string of the molecule is C=P(O)(OC)OC[C@H]1O[C@@H](C)[C@H](OCCOC)[C@@H]1OP(=O)(O)OC[C@H]1O[C@@H](C)C[C@@H]1OP(=O)(O)OC[C@@H]1C[C@@H](O)CN1C(=O)CC(=O)NC(COCCC(=O)CCCCCC(=O)CCCCO[C@@H]1OC(CO)[C@H](O)[C@H](C)C1C)(COCCC(=O)CCCCCC(=O)CCCCO[C@@H]1OC(CO)[C@H](O)[C@H](O)C1C)COCCC(=O)NCCCCC(=O)CCCCO[C@@H]1OC(CO)[C@H](O)[C@H](O)C1C. The lowest BCUT2D eigenvalue weighted by Crippen LogP contribution is -2.59. The molecule has 47 heteroatoms. The Morgan fingerprint density at radius 3 is 1.34 bits per heavy atom. The van der Waals surface area contributed by atoms with Gasteiger partial charge in [-0.1, -0.05) is 40.5 Å². The largest absolute Gasteiger partial charge is 0.472 e. The van der Waals surface area contributed by atoms with Crippen molar-refractivity contribution in [2.24, 2.45) is 23.7 Å². The number of carbonyl (C=O) groups is 8. The minimum atomic E-state index is -5.16. The Bertz CT molecular complexity index is 3440. The molecular formula is C89H158N3O41P3. The molecule has 136 heavy (non-hydrogen) atoms. The molecule has 0 aliphatic carbocycles. The van der Waals surface area contributed by atoms with Crippen molar-refractivity contribution < 1.29 is 197 Å². The Morgan fingerprint density at radius 1 is 0.426 bits per heavy atom. The lowest BCUT2D eigenvalue weighted by Gasteiger charge is -2.41. The molecule has 0 aromatic rings. The first kappa shape index (κ1) is 121. The van der Waals surface area contributed by atoms with Gasteiger partial charge in [-0.25, -0.2) is 9.13 Å². The molecule has 28 atom stereocenters. The zero-order valence-corrected chi connectivity index (χ0v) is 83.0. The first-order chi connectivity index (χ1) is 64.7. The second-order valence-corrected chi connectivity index (χ2v) is 41.2. The van der Waals surface area contributed by atoms with Gasteiger partial charge in [-0.15, -0.1) is 0 Å². The third-order valence-electron chi connectivity index (χ3n) is 25.2. The van der Waals surface area contributed by atoms with E-state index < -0.39 is 240 Å². The number of likely N-dealkylation sites (tertiary alicyclic amines) is 1. The molecule has 6 rings (SSSR count). The number of rotatable bonds is 74. The van der Waals surface area contributed by atoms with Crippen LogP contribution in [0.5, 0.6) is 0 Å². The number of aliphatic hydroxyl groups excluding tert-OH is 9. The predicted molar refractivity (Wildman–Crippen MR) is 485 cm³/mol. The van der Waals surface area contributed by atoms with Crippen molar-refractivity contribution in [2.75, 3.05) is 140 Å². The third-order valence-corrected chi connectivity index (χ3v) is 28.3. The minimum absolute atomic E-state index is 0.00301. The second-order valence-electron chi connectivity index (χ2n) is 36.5. The summed E-state index contributed by atoms with van der Waals surface area (Å²) in [5.74, 6) is -3.90. The quantitative estimate of drug-likeness (QED) is 0.0236. The van der Waals surface area contributed by atoms with Crippen molar-refractivity contribution in [3.05, 3.63) is 0 Å². The molecule has 6 aliphatic heterocycles. The monoisotopic (exact) mass is 2020 g/mol. The second kappa shape index (κ2) is 63.5. The number of phosphoric ester groups is 2. The van der Waals surface area contributed by atoms with Gasteiger partial charge in [0.2, 0.25) is 25.3 Å². The molecule has 10 unspecified atom stereocenters. The highest BCUT2D eigenvalue weighted by Crippen LogP contribution is 2.52. The number of nitrogens with zero attached hydrogens (tertiary/aromatic N) is 1. The van der Waals surface area contributed by atoms with E-state index in [1.165, 1.54) is 14.2 Å². The van der Waals surface area contributed by atoms with Gasteiger partial charge in [0.25, 0.3) is 0 Å². The highest BCUT2D eigenvalue weighted by atomic mass is 31.2. The summed E-state index contributed by atoms with van der Waals surface area (Å²) in [5.41, 5.74) is -1.73. The summed E-state index contributed by atoms with van der Waals surface area (Å²) in [4.78, 5) is 142. The first-order valence-corrected chi connectivity index (χ1v) is 52.7. The molecule has 6 saturated heterocycles. The average molecular weight is 2020 g/mol. The van der Waals surface area contributed by atoms with Crippen LogP contribution in [0, 0.1) is 23.7 Å². The van der Waals surface area contributed by atoms with Crippen molar-refractivity contribution in [3.63, 3.8) is 0 Å². The van der Waals surface area contributed by atoms with E-state index in [0.29, 0.717) is 109 Å². The molecule has 14 N–H and O–H groups in total. The van der Waals surface area contributed by atoms with E-state index in [1.54, 1.807) is 27.7 Å². The van der Waals surface area contributed by atoms with Crippen LogP contribution in [0.3, 0.4) is 0 Å². The van der Waals surface area contributed by atoms with Crippen LogP contribution in [0.2, 0.25) is 0 Å². The molecular weight excluding hydrogens is 1860 g/mol. The number of unbranched alkanes of at least 4 members (excludes halogenated alkanes) is 8. The van der Waals surface area contributed by atoms with Gasteiger partial charge >= 0.3 is 15.6 Å². The predicted octanol–water partition coefficient (Wildman–Crippen LogP) is 3.36. The van der Waals surface area contributed by atoms with E-state index in [9.17, 15) is 108 Å². The average Bonchev–Trinajstić information content (AvgIpc) is 1.24. The summed E-state index contributed by atoms with van der Waals surface area (Å²) in [7, 11) is -11.2. The molecule has 0 radical (unpaired) electrons. The Balaban J connectivity index is 1.07. The molecule has 0 bridgehead atoms. The van der Waals surface area contributed by atoms with Gasteiger partial charge in [0, 0.05) is 142 Å². The van der Waals surface area contributed by atoms with Crippen LogP contribution >= 0.6 is 23.2 Å². The topological polar surface area (TPSA) is 616 Å². The van der Waals surface area contributed by atoms with E-state index in [1.807, 2.05) is 13.8 Å². The van der Waals surface area contributed by atoms with Crippen molar-refractivity contribution in [1.82, 2.24) is 15.5 Å². The number of hydrogen-bond donors (Lipinski definition) is 14. The standard InChI is InChI=1S/C89H158N3O41P3/c1-57-44-70(74(127-57)52-126-136(113,114)133-85-75(53-124-134(9,110)116-8)128-62(6)84(85)120-43-42-115-7)132-135(111,112)125-51-63-45-69(101)47-92(63)78(104)46-77(103)91-89(54-117-39-32-67(99)26-14-10-12-24-64(96)29-17-21-36-121-86-59(3)58(2)79(105)71(48-93)129-86,55-118-40-33-68(100)27-15-11-13-25-65(97)30-18-22-37-122-87-60(4)80(106)82(108)72(49-94)130-87)56-119-41-34-76(102)90-35-20-16-28-66(98)31-19-23-38-123-88-61(5)81(107)83(109)73(50-95)131-88/h57-63,69-75,79-88,93-95,101,105-110H,9-56H2,1-8H3,(H,90,102)(H,91,103)(H,111,112)(H,113,114)/t57-,58+,59?,60?,61?,62-,63-,69+,70-,71?,72?,73?,74+,75+,79+,80+,81+,82-,83-,84-,85+,86+,87+,88+,89?,134?/m0/s1. The van der Waals surface area contributed by atoms with Crippen molar-refractivity contribution in [1.29, 1.82) is 0 Å². The van der Waals surface area contributed by atoms with Gasteiger partial charge in [0.05, 0.1) is 135 Å². The van der Waals surface area contributed by atoms with Crippen LogP contribution < -0.4 is 10.6 Å². The van der Waals surface area contributed by atoms with Gasteiger partial charge in [-0.2, -0.15) is 0 Å². The normalized spacial score (nSPS) is 30.5. The summed E-state index contributed by atoms with van der Waals surface area (Å²) < 4.78 is 136. The molecule has 0 aromatic carbocycles. The number of aliphatic hydroxyl groups is 9. The summed E-state index contributed by atoms with van der Waals surface area (Å²) in [6, 6.07) is -1.14. The number of amides is 3. The Kier molecular flexibility index (Phi) is 56.5. The lowest BCUT2D eigenvalue weighted by molar-refractivity contribution is -0.282. The van der Waals surface area contributed by atoms with Crippen LogP contribution in [-0.2, 0) is 136 Å². The number of ether oxygens (including phenoxy) is 13. The van der Waals surface area contributed by atoms with Gasteiger partial charge in [-0.05, 0) is 110 Å². The zero-order chi connectivity index (χ0) is 100. The maximum atomic E-state index is 14.6. The van der Waals surface area contributed by atoms with E-state index >= 15 is 0 Å². The van der Waals surface area contributed by atoms with Crippen LogP contribution in [0.15, 0.2) is 0 Å². The van der Waals surface area contributed by atoms with Gasteiger partial charge in [0.15, 0.2) is 18.9 Å². The van der Waals surface area contributed by atoms with Crippen molar-refractivity contribution >= 4 is 76.1 Å². The smallest absolute Gasteiger partial charge is 0.394 e. The summed E-state index contributed by atoms with van der Waals surface area (Å²) in [6.45, 7) is 5.94. The summed E-state index contributed by atoms with van der Waals surface area (Å²) >= 11 is 0.